The molecular formula is C17H21Cl2NO4. The van der Waals surface area contributed by atoms with Crippen molar-refractivity contribution in [3.8, 4) is 5.75 Å². The molecule has 1 aliphatic rings. The fourth-order valence-corrected chi connectivity index (χ4v) is 3.51. The highest BCUT2D eigenvalue weighted by Gasteiger charge is 2.23. The van der Waals surface area contributed by atoms with E-state index in [1.165, 1.54) is 25.7 Å². The lowest BCUT2D eigenvalue weighted by molar-refractivity contribution is -0.125. The van der Waals surface area contributed by atoms with Gasteiger partial charge in [0.25, 0.3) is 5.91 Å². The van der Waals surface area contributed by atoms with E-state index in [2.05, 4.69) is 12.2 Å². The molecule has 1 aliphatic carbocycles. The van der Waals surface area contributed by atoms with E-state index in [-0.39, 0.29) is 34.2 Å². The van der Waals surface area contributed by atoms with Gasteiger partial charge in [-0.1, -0.05) is 43.0 Å². The first-order valence-electron chi connectivity index (χ1n) is 7.92. The van der Waals surface area contributed by atoms with E-state index in [9.17, 15) is 9.59 Å². The summed E-state index contributed by atoms with van der Waals surface area (Å²) in [5.41, 5.74) is 0.171. The van der Waals surface area contributed by atoms with Gasteiger partial charge in [0.1, 0.15) is 0 Å². The maximum absolute atomic E-state index is 12.0. The van der Waals surface area contributed by atoms with Crippen LogP contribution >= 0.6 is 23.2 Å². The molecule has 1 fully saturated rings. The summed E-state index contributed by atoms with van der Waals surface area (Å²) < 4.78 is 10.1. The molecule has 7 heteroatoms. The molecule has 1 aromatic rings. The van der Waals surface area contributed by atoms with Gasteiger partial charge in [0.05, 0.1) is 22.7 Å². The maximum Gasteiger partial charge on any atom is 0.338 e. The van der Waals surface area contributed by atoms with Crippen molar-refractivity contribution < 1.29 is 19.1 Å². The Morgan fingerprint density at radius 2 is 1.83 bits per heavy atom. The molecule has 0 radical (unpaired) electrons. The zero-order chi connectivity index (χ0) is 17.7. The van der Waals surface area contributed by atoms with Crippen molar-refractivity contribution in [3.63, 3.8) is 0 Å². The van der Waals surface area contributed by atoms with E-state index >= 15 is 0 Å². The number of esters is 1. The SMILES string of the molecule is COc1c(Cl)cc(C(=O)OCC(=O)N[C@@H]2CCCC[C@H]2C)cc1Cl. The van der Waals surface area contributed by atoms with Crippen molar-refractivity contribution in [1.29, 1.82) is 0 Å². The number of hydrogen-bond acceptors (Lipinski definition) is 4. The average Bonchev–Trinajstić information content (AvgIpc) is 2.54. The Bertz CT molecular complexity index is 598. The lowest BCUT2D eigenvalue weighted by Gasteiger charge is -2.29. The molecule has 1 amide bonds. The van der Waals surface area contributed by atoms with Crippen LogP contribution in [0.3, 0.4) is 0 Å². The normalized spacial score (nSPS) is 20.3. The smallest absolute Gasteiger partial charge is 0.338 e. The molecule has 0 heterocycles. The topological polar surface area (TPSA) is 64.6 Å². The molecule has 0 saturated heterocycles. The number of methoxy groups -OCH3 is 1. The Labute approximate surface area is 151 Å². The maximum atomic E-state index is 12.0. The van der Waals surface area contributed by atoms with Crippen LogP contribution in [0, 0.1) is 5.92 Å². The third kappa shape index (κ3) is 4.77. The molecule has 1 N–H and O–H groups in total. The predicted molar refractivity (Wildman–Crippen MR) is 92.9 cm³/mol. The lowest BCUT2D eigenvalue weighted by atomic mass is 9.86. The standard InChI is InChI=1S/C17H21Cl2NO4/c1-10-5-3-4-6-14(10)20-15(21)9-24-17(22)11-7-12(18)16(23-2)13(19)8-11/h7-8,10,14H,3-6,9H2,1-2H3,(H,20,21)/t10-,14-/m1/s1. The Morgan fingerprint density at radius 3 is 2.42 bits per heavy atom. The van der Waals surface area contributed by atoms with Gasteiger partial charge in [-0.3, -0.25) is 4.79 Å². The highest BCUT2D eigenvalue weighted by atomic mass is 35.5. The largest absolute Gasteiger partial charge is 0.494 e. The van der Waals surface area contributed by atoms with Crippen molar-refractivity contribution in [2.75, 3.05) is 13.7 Å². The summed E-state index contributed by atoms with van der Waals surface area (Å²) in [7, 11) is 1.43. The minimum absolute atomic E-state index is 0.148. The Balaban J connectivity index is 1.89. The van der Waals surface area contributed by atoms with Crippen molar-refractivity contribution in [2.24, 2.45) is 5.92 Å². The monoisotopic (exact) mass is 373 g/mol. The van der Waals surface area contributed by atoms with E-state index in [4.69, 9.17) is 32.7 Å². The van der Waals surface area contributed by atoms with Crippen LogP contribution in [0.25, 0.3) is 0 Å². The van der Waals surface area contributed by atoms with Gasteiger partial charge in [-0.15, -0.1) is 0 Å². The van der Waals surface area contributed by atoms with Crippen LogP contribution in [0.4, 0.5) is 0 Å². The van der Waals surface area contributed by atoms with Gasteiger partial charge >= 0.3 is 5.97 Å². The van der Waals surface area contributed by atoms with E-state index in [1.54, 1.807) is 0 Å². The van der Waals surface area contributed by atoms with Crippen molar-refractivity contribution in [3.05, 3.63) is 27.7 Å². The van der Waals surface area contributed by atoms with Crippen molar-refractivity contribution >= 4 is 35.1 Å². The quantitative estimate of drug-likeness (QED) is 0.795. The second-order valence-corrected chi connectivity index (χ2v) is 6.80. The molecule has 0 aliphatic heterocycles. The highest BCUT2D eigenvalue weighted by molar-refractivity contribution is 6.37. The first-order chi connectivity index (χ1) is 11.4. The van der Waals surface area contributed by atoms with E-state index < -0.39 is 5.97 Å². The van der Waals surface area contributed by atoms with Gasteiger partial charge < -0.3 is 14.8 Å². The number of hydrogen-bond donors (Lipinski definition) is 1. The Kier molecular flexibility index (Phi) is 6.75. The zero-order valence-electron chi connectivity index (χ0n) is 13.7. The van der Waals surface area contributed by atoms with E-state index in [0.717, 1.165) is 19.3 Å². The molecule has 0 spiro atoms. The van der Waals surface area contributed by atoms with Crippen LogP contribution in [0.5, 0.6) is 5.75 Å². The molecule has 2 atom stereocenters. The third-order valence-corrected chi connectivity index (χ3v) is 4.79. The summed E-state index contributed by atoms with van der Waals surface area (Å²) in [6.07, 6.45) is 4.37. The summed E-state index contributed by atoms with van der Waals surface area (Å²) in [5, 5.41) is 3.34. The predicted octanol–water partition coefficient (Wildman–Crippen LogP) is 3.85. The fraction of sp³-hybridized carbons (Fsp3) is 0.529. The zero-order valence-corrected chi connectivity index (χ0v) is 15.2. The van der Waals surface area contributed by atoms with Gasteiger partial charge in [-0.2, -0.15) is 0 Å². The molecule has 0 aromatic heterocycles. The van der Waals surface area contributed by atoms with Crippen molar-refractivity contribution in [1.82, 2.24) is 5.32 Å². The van der Waals surface area contributed by atoms with Gasteiger partial charge in [0.2, 0.25) is 0 Å². The molecule has 1 aromatic carbocycles. The molecule has 5 nitrogen and oxygen atoms in total. The highest BCUT2D eigenvalue weighted by Crippen LogP contribution is 2.34. The van der Waals surface area contributed by atoms with Crippen LogP contribution in [-0.2, 0) is 9.53 Å². The van der Waals surface area contributed by atoms with E-state index in [0.29, 0.717) is 11.7 Å². The summed E-state index contributed by atoms with van der Waals surface area (Å²) in [5.74, 6) is -0.224. The first kappa shape index (κ1) is 18.9. The second kappa shape index (κ2) is 8.58. The summed E-state index contributed by atoms with van der Waals surface area (Å²) in [6.45, 7) is 1.79. The van der Waals surface area contributed by atoms with Gasteiger partial charge in [0, 0.05) is 6.04 Å². The fourth-order valence-electron chi connectivity index (χ4n) is 2.87. The van der Waals surface area contributed by atoms with Crippen LogP contribution in [-0.4, -0.2) is 31.6 Å². The minimum Gasteiger partial charge on any atom is -0.494 e. The van der Waals surface area contributed by atoms with Crippen molar-refractivity contribution in [2.45, 2.75) is 38.6 Å². The summed E-state index contributed by atoms with van der Waals surface area (Å²) >= 11 is 12.0. The first-order valence-corrected chi connectivity index (χ1v) is 8.67. The lowest BCUT2D eigenvalue weighted by Crippen LogP contribution is -2.42. The Morgan fingerprint density at radius 1 is 1.21 bits per heavy atom. The van der Waals surface area contributed by atoms with Gasteiger partial charge in [-0.05, 0) is 30.9 Å². The summed E-state index contributed by atoms with van der Waals surface area (Å²) in [6, 6.07) is 2.95. The molecule has 0 unspecified atom stereocenters. The molecule has 0 bridgehead atoms. The number of nitrogens with one attached hydrogen (secondary N) is 1. The van der Waals surface area contributed by atoms with E-state index in [1.807, 2.05) is 0 Å². The van der Waals surface area contributed by atoms with Gasteiger partial charge in [-0.25, -0.2) is 4.79 Å². The molecule has 1 saturated carbocycles. The number of amides is 1. The van der Waals surface area contributed by atoms with Crippen LogP contribution < -0.4 is 10.1 Å². The number of halogens is 2. The molecule has 24 heavy (non-hydrogen) atoms. The summed E-state index contributed by atoms with van der Waals surface area (Å²) in [4.78, 5) is 24.0. The molecular weight excluding hydrogens is 353 g/mol. The number of benzene rings is 1. The number of ether oxygens (including phenoxy) is 2. The van der Waals surface area contributed by atoms with Crippen LogP contribution in [0.15, 0.2) is 12.1 Å². The average molecular weight is 374 g/mol. The van der Waals surface area contributed by atoms with Crippen LogP contribution in [0.1, 0.15) is 43.0 Å². The van der Waals surface area contributed by atoms with Gasteiger partial charge in [0.15, 0.2) is 12.4 Å². The number of carbonyl (C=O) groups is 2. The molecule has 132 valence electrons. The third-order valence-electron chi connectivity index (χ3n) is 4.23. The second-order valence-electron chi connectivity index (χ2n) is 5.99. The number of rotatable bonds is 5. The van der Waals surface area contributed by atoms with Crippen LogP contribution in [0.2, 0.25) is 10.0 Å². The molecule has 2 rings (SSSR count). The Hall–Kier alpha value is -1.46. The number of carbonyl (C=O) groups excluding carboxylic acids is 2. The minimum atomic E-state index is -0.659.